The molecule has 29 heavy (non-hydrogen) atoms. The van der Waals surface area contributed by atoms with E-state index in [-0.39, 0.29) is 37.3 Å². The number of hydrogen-bond donors (Lipinski definition) is 3. The number of unbranched alkanes of at least 4 members (excludes halogenated alkanes) is 2. The number of allylic oxidation sites excluding steroid dienone is 3. The average Bonchev–Trinajstić information content (AvgIpc) is 2.61. The van der Waals surface area contributed by atoms with Gasteiger partial charge in [-0.3, -0.25) is 0 Å². The van der Waals surface area contributed by atoms with Gasteiger partial charge in [-0.1, -0.05) is 43.6 Å². The van der Waals surface area contributed by atoms with Crippen LogP contribution in [0.5, 0.6) is 11.5 Å². The summed E-state index contributed by atoms with van der Waals surface area (Å²) in [6.07, 6.45) is 7.54. The van der Waals surface area contributed by atoms with Gasteiger partial charge < -0.3 is 28.1 Å². The number of phenols is 1. The highest BCUT2D eigenvalue weighted by atomic mass is 16.5. The van der Waals surface area contributed by atoms with Crippen molar-refractivity contribution in [2.45, 2.75) is 65.2 Å². The fraction of sp³-hybridized carbons (Fsp3) is 0.500. The number of quaternary nitrogens is 1. The number of carboxylic acid groups (broad SMARTS) is 1. The van der Waals surface area contributed by atoms with Gasteiger partial charge in [0, 0.05) is 11.5 Å². The summed E-state index contributed by atoms with van der Waals surface area (Å²) in [7, 11) is 0. The molecule has 0 bridgehead atoms. The zero-order valence-corrected chi connectivity index (χ0v) is 18.4. The molecule has 0 amide bonds. The van der Waals surface area contributed by atoms with E-state index in [1.54, 1.807) is 6.07 Å². The Morgan fingerprint density at radius 2 is 2.07 bits per heavy atom. The highest BCUT2D eigenvalue weighted by Crippen LogP contribution is 2.48. The summed E-state index contributed by atoms with van der Waals surface area (Å²) in [4.78, 5) is 12.0. The van der Waals surface area contributed by atoms with E-state index in [9.17, 15) is 15.0 Å². The molecule has 5 nitrogen and oxygen atoms in total. The van der Waals surface area contributed by atoms with Gasteiger partial charge in [0.15, 0.2) is 0 Å². The summed E-state index contributed by atoms with van der Waals surface area (Å²) in [5, 5.41) is 20.9. The fourth-order valence-corrected chi connectivity index (χ4v) is 4.17. The van der Waals surface area contributed by atoms with E-state index in [4.69, 9.17) is 4.74 Å². The van der Waals surface area contributed by atoms with Crippen LogP contribution in [-0.2, 0) is 6.42 Å². The molecule has 0 saturated carbocycles. The second-order valence-electron chi connectivity index (χ2n) is 7.81. The number of aromatic hydroxyl groups is 1. The third kappa shape index (κ3) is 5.63. The first-order chi connectivity index (χ1) is 13.3. The van der Waals surface area contributed by atoms with Crippen LogP contribution >= 0.6 is 0 Å². The topological polar surface area (TPSA) is 94.4 Å². The SMILES string of the molecule is C=C(C)C1CCC(C)=CC1c1c(OC[NH3+])cc(CCCCC)c(C(=O)O)c1O.[CH3-]. The molecule has 0 aromatic heterocycles. The molecule has 1 aromatic rings. The van der Waals surface area contributed by atoms with Crippen molar-refractivity contribution < 1.29 is 25.5 Å². The molecule has 2 rings (SSSR count). The lowest BCUT2D eigenvalue weighted by Crippen LogP contribution is -2.53. The monoisotopic (exact) mass is 403 g/mol. The Balaban J connectivity index is 0.00000420. The van der Waals surface area contributed by atoms with Gasteiger partial charge in [-0.2, -0.15) is 0 Å². The number of carbonyl (C=O) groups is 1. The molecule has 5 N–H and O–H groups in total. The van der Waals surface area contributed by atoms with E-state index in [1.165, 1.54) is 5.57 Å². The molecule has 0 heterocycles. The second-order valence-corrected chi connectivity index (χ2v) is 7.81. The summed E-state index contributed by atoms with van der Waals surface area (Å²) in [5.74, 6) is -0.766. The van der Waals surface area contributed by atoms with E-state index in [0.29, 0.717) is 23.3 Å². The molecule has 0 spiro atoms. The molecule has 2 unspecified atom stereocenters. The van der Waals surface area contributed by atoms with Gasteiger partial charge in [0.2, 0.25) is 6.73 Å². The fourth-order valence-electron chi connectivity index (χ4n) is 4.17. The number of ether oxygens (including phenoxy) is 1. The minimum Gasteiger partial charge on any atom is -0.507 e. The summed E-state index contributed by atoms with van der Waals surface area (Å²) in [6, 6.07) is 1.80. The molecular weight excluding hydrogens is 366 g/mol. The lowest BCUT2D eigenvalue weighted by molar-refractivity contribution is -0.413. The smallest absolute Gasteiger partial charge is 0.339 e. The third-order valence-corrected chi connectivity index (χ3v) is 5.62. The third-order valence-electron chi connectivity index (χ3n) is 5.62. The normalized spacial score (nSPS) is 18.6. The molecule has 1 aromatic carbocycles. The first-order valence-electron chi connectivity index (χ1n) is 10.2. The lowest BCUT2D eigenvalue weighted by Gasteiger charge is -2.32. The van der Waals surface area contributed by atoms with Crippen LogP contribution in [0.15, 0.2) is 29.9 Å². The molecule has 0 fully saturated rings. The van der Waals surface area contributed by atoms with E-state index < -0.39 is 5.97 Å². The van der Waals surface area contributed by atoms with Crippen LogP contribution in [0, 0.1) is 13.3 Å². The van der Waals surface area contributed by atoms with Crippen LogP contribution in [-0.4, -0.2) is 22.9 Å². The molecular formula is C24H37NO4. The quantitative estimate of drug-likeness (QED) is 0.237. The van der Waals surface area contributed by atoms with Crippen molar-refractivity contribution in [3.63, 3.8) is 0 Å². The molecule has 1 aliphatic carbocycles. The zero-order valence-electron chi connectivity index (χ0n) is 18.4. The van der Waals surface area contributed by atoms with Crippen LogP contribution in [0.1, 0.15) is 80.3 Å². The second kappa shape index (κ2) is 11.1. The Bertz CT molecular complexity index is 767. The van der Waals surface area contributed by atoms with Crippen molar-refractivity contribution in [2.24, 2.45) is 5.92 Å². The van der Waals surface area contributed by atoms with Gasteiger partial charge in [-0.05, 0) is 57.1 Å². The molecule has 0 aliphatic heterocycles. The number of benzene rings is 1. The molecule has 0 radical (unpaired) electrons. The Kier molecular flexibility index (Phi) is 9.44. The summed E-state index contributed by atoms with van der Waals surface area (Å²) in [5.41, 5.74) is 7.20. The van der Waals surface area contributed by atoms with Crippen molar-refractivity contribution in [3.05, 3.63) is 54.0 Å². The summed E-state index contributed by atoms with van der Waals surface area (Å²) in [6.45, 7) is 10.5. The molecule has 1 aliphatic rings. The number of carboxylic acids is 1. The first-order valence-corrected chi connectivity index (χ1v) is 10.2. The van der Waals surface area contributed by atoms with Crippen LogP contribution in [0.4, 0.5) is 0 Å². The number of aryl methyl sites for hydroxylation is 1. The van der Waals surface area contributed by atoms with Gasteiger partial charge >= 0.3 is 5.97 Å². The van der Waals surface area contributed by atoms with E-state index in [0.717, 1.165) is 37.7 Å². The highest BCUT2D eigenvalue weighted by Gasteiger charge is 2.33. The average molecular weight is 404 g/mol. The molecule has 5 heteroatoms. The summed E-state index contributed by atoms with van der Waals surface area (Å²) < 4.78 is 5.79. The predicted octanol–water partition coefficient (Wildman–Crippen LogP) is 4.87. The van der Waals surface area contributed by atoms with E-state index in [1.807, 2.05) is 6.92 Å². The number of hydrogen-bond acceptors (Lipinski definition) is 3. The molecule has 162 valence electrons. The first kappa shape index (κ1) is 24.8. The van der Waals surface area contributed by atoms with Crippen molar-refractivity contribution in [1.29, 1.82) is 0 Å². The molecule has 0 saturated heterocycles. The standard InChI is InChI=1S/C23H33NO4.CH3/c1-5-6-7-8-16-12-19(28-13-24)21(22(25)20(16)23(26)27)18-11-15(4)9-10-17(18)14(2)3;/h11-12,17-18,25H,2,5-10,13,24H2,1,3-4H3,(H,26,27);1H3/q;-1/p+1. The highest BCUT2D eigenvalue weighted by molar-refractivity contribution is 5.94. The van der Waals surface area contributed by atoms with Gasteiger partial charge in [0.05, 0.1) is 0 Å². The molecule has 2 atom stereocenters. The Hall–Kier alpha value is -2.27. The zero-order chi connectivity index (χ0) is 20.8. The maximum Gasteiger partial charge on any atom is 0.339 e. The van der Waals surface area contributed by atoms with Gasteiger partial charge in [-0.25, -0.2) is 4.79 Å². The van der Waals surface area contributed by atoms with Gasteiger partial charge in [0.25, 0.3) is 0 Å². The minimum absolute atomic E-state index is 0. The van der Waals surface area contributed by atoms with Crippen LogP contribution in [0.3, 0.4) is 0 Å². The van der Waals surface area contributed by atoms with Crippen LogP contribution in [0.2, 0.25) is 0 Å². The Labute approximate surface area is 175 Å². The minimum atomic E-state index is -1.10. The van der Waals surface area contributed by atoms with Gasteiger partial charge in [-0.15, -0.1) is 0 Å². The number of aromatic carboxylic acids is 1. The van der Waals surface area contributed by atoms with E-state index >= 15 is 0 Å². The lowest BCUT2D eigenvalue weighted by atomic mass is 9.73. The maximum absolute atomic E-state index is 12.0. The maximum atomic E-state index is 12.0. The van der Waals surface area contributed by atoms with Crippen LogP contribution in [0.25, 0.3) is 0 Å². The Morgan fingerprint density at radius 3 is 2.62 bits per heavy atom. The number of rotatable bonds is 9. The largest absolute Gasteiger partial charge is 0.507 e. The summed E-state index contributed by atoms with van der Waals surface area (Å²) >= 11 is 0. The van der Waals surface area contributed by atoms with Gasteiger partial charge in [0.1, 0.15) is 17.1 Å². The van der Waals surface area contributed by atoms with Crippen molar-refractivity contribution in [1.82, 2.24) is 0 Å². The van der Waals surface area contributed by atoms with Crippen molar-refractivity contribution in [3.8, 4) is 11.5 Å². The van der Waals surface area contributed by atoms with Crippen molar-refractivity contribution >= 4 is 5.97 Å². The van der Waals surface area contributed by atoms with Crippen molar-refractivity contribution in [2.75, 3.05) is 6.73 Å². The van der Waals surface area contributed by atoms with Crippen LogP contribution < -0.4 is 10.5 Å². The Morgan fingerprint density at radius 1 is 1.38 bits per heavy atom. The predicted molar refractivity (Wildman–Crippen MR) is 117 cm³/mol. The van der Waals surface area contributed by atoms with E-state index in [2.05, 4.69) is 32.2 Å².